The van der Waals surface area contributed by atoms with E-state index in [-0.39, 0.29) is 11.3 Å². The molecule has 0 N–H and O–H groups in total. The minimum absolute atomic E-state index is 0.248. The molecule has 3 heteroatoms. The lowest BCUT2D eigenvalue weighted by atomic mass is 9.63. The summed E-state index contributed by atoms with van der Waals surface area (Å²) in [5, 5.41) is 0. The van der Waals surface area contributed by atoms with E-state index in [0.717, 1.165) is 32.4 Å². The molecule has 0 aliphatic heterocycles. The molecule has 19 heavy (non-hydrogen) atoms. The summed E-state index contributed by atoms with van der Waals surface area (Å²) in [5.41, 5.74) is 0.936. The summed E-state index contributed by atoms with van der Waals surface area (Å²) in [6.07, 6.45) is 3.13. The van der Waals surface area contributed by atoms with Crippen LogP contribution in [0, 0.1) is 0 Å². The predicted molar refractivity (Wildman–Crippen MR) is 78.2 cm³/mol. The zero-order valence-electron chi connectivity index (χ0n) is 12.2. The van der Waals surface area contributed by atoms with Gasteiger partial charge in [0.25, 0.3) is 0 Å². The van der Waals surface area contributed by atoms with E-state index in [0.29, 0.717) is 0 Å². The number of benzene rings is 1. The summed E-state index contributed by atoms with van der Waals surface area (Å²) in [5.74, 6) is 0.284. The van der Waals surface area contributed by atoms with E-state index >= 15 is 0 Å². The first-order valence-electron chi connectivity index (χ1n) is 7.02. The average molecular weight is 260 g/mol. The number of hydrogen-bond acceptors (Lipinski definition) is 2. The van der Waals surface area contributed by atoms with Crippen molar-refractivity contribution in [2.45, 2.75) is 24.7 Å². The van der Waals surface area contributed by atoms with Crippen molar-refractivity contribution in [3.8, 4) is 0 Å². The fourth-order valence-corrected chi connectivity index (χ4v) is 2.73. The number of carbonyl (C=O) groups is 1. The second-order valence-electron chi connectivity index (χ2n) is 5.83. The summed E-state index contributed by atoms with van der Waals surface area (Å²) in [4.78, 5) is 16.8. The summed E-state index contributed by atoms with van der Waals surface area (Å²) < 4.78 is 0. The quantitative estimate of drug-likeness (QED) is 0.809. The van der Waals surface area contributed by atoms with Crippen LogP contribution in [-0.4, -0.2) is 49.9 Å². The van der Waals surface area contributed by atoms with Crippen LogP contribution in [0.1, 0.15) is 24.8 Å². The van der Waals surface area contributed by atoms with Crippen molar-refractivity contribution in [3.63, 3.8) is 0 Å². The molecule has 0 radical (unpaired) electrons. The van der Waals surface area contributed by atoms with Crippen LogP contribution in [0.15, 0.2) is 30.3 Å². The SMILES string of the molecule is CN(C)CCN(C)C(=O)C1(c2ccccc2)CCC1. The first-order chi connectivity index (χ1) is 9.06. The minimum atomic E-state index is -0.248. The van der Waals surface area contributed by atoms with Crippen LogP contribution in [0.25, 0.3) is 0 Å². The molecule has 0 unspecified atom stereocenters. The Morgan fingerprint density at radius 1 is 1.11 bits per heavy atom. The molecule has 1 fully saturated rings. The number of likely N-dealkylation sites (N-methyl/N-ethyl adjacent to an activating group) is 2. The molecule has 1 amide bonds. The molecule has 1 aromatic rings. The molecule has 1 aromatic carbocycles. The van der Waals surface area contributed by atoms with Crippen LogP contribution in [0.2, 0.25) is 0 Å². The molecule has 3 nitrogen and oxygen atoms in total. The Balaban J connectivity index is 2.11. The molecule has 0 aromatic heterocycles. The van der Waals surface area contributed by atoms with Gasteiger partial charge in [0.1, 0.15) is 0 Å². The van der Waals surface area contributed by atoms with Gasteiger partial charge in [-0.3, -0.25) is 4.79 Å². The Morgan fingerprint density at radius 3 is 2.21 bits per heavy atom. The molecular weight excluding hydrogens is 236 g/mol. The first-order valence-corrected chi connectivity index (χ1v) is 7.02. The third-order valence-electron chi connectivity index (χ3n) is 4.17. The second kappa shape index (κ2) is 5.74. The van der Waals surface area contributed by atoms with Gasteiger partial charge in [0.05, 0.1) is 5.41 Å². The molecule has 2 rings (SSSR count). The molecule has 0 atom stereocenters. The lowest BCUT2D eigenvalue weighted by Gasteiger charge is -2.43. The highest BCUT2D eigenvalue weighted by molar-refractivity contribution is 5.89. The number of carbonyl (C=O) groups excluding carboxylic acids is 1. The maximum absolute atomic E-state index is 12.8. The van der Waals surface area contributed by atoms with Crippen molar-refractivity contribution in [1.82, 2.24) is 9.80 Å². The lowest BCUT2D eigenvalue weighted by Crippen LogP contribution is -2.50. The number of rotatable bonds is 5. The van der Waals surface area contributed by atoms with Crippen molar-refractivity contribution in [2.75, 3.05) is 34.2 Å². The standard InChI is InChI=1S/C16H24N2O/c1-17(2)12-13-18(3)15(19)16(10-7-11-16)14-8-5-4-6-9-14/h4-6,8-9H,7,10-13H2,1-3H3. The molecule has 1 aliphatic carbocycles. The van der Waals surface area contributed by atoms with Gasteiger partial charge in [0.2, 0.25) is 5.91 Å². The Bertz CT molecular complexity index is 424. The summed E-state index contributed by atoms with van der Waals surface area (Å²) in [6.45, 7) is 1.70. The Kier molecular flexibility index (Phi) is 4.25. The van der Waals surface area contributed by atoms with Gasteiger partial charge < -0.3 is 9.80 Å². The van der Waals surface area contributed by atoms with E-state index in [9.17, 15) is 4.79 Å². The predicted octanol–water partition coefficient (Wildman–Crippen LogP) is 2.13. The fourth-order valence-electron chi connectivity index (χ4n) is 2.73. The molecule has 0 heterocycles. The molecular formula is C16H24N2O. The Labute approximate surface area is 116 Å². The van der Waals surface area contributed by atoms with Crippen molar-refractivity contribution in [2.24, 2.45) is 0 Å². The third-order valence-corrected chi connectivity index (χ3v) is 4.17. The Morgan fingerprint density at radius 2 is 1.74 bits per heavy atom. The van der Waals surface area contributed by atoms with Gasteiger partial charge in [-0.1, -0.05) is 36.8 Å². The third kappa shape index (κ3) is 2.81. The van der Waals surface area contributed by atoms with Crippen molar-refractivity contribution in [1.29, 1.82) is 0 Å². The van der Waals surface area contributed by atoms with Gasteiger partial charge in [0, 0.05) is 20.1 Å². The van der Waals surface area contributed by atoms with E-state index in [1.54, 1.807) is 0 Å². The fraction of sp³-hybridized carbons (Fsp3) is 0.562. The molecule has 0 spiro atoms. The van der Waals surface area contributed by atoms with E-state index in [4.69, 9.17) is 0 Å². The van der Waals surface area contributed by atoms with Gasteiger partial charge in [-0.05, 0) is 32.5 Å². The molecule has 1 aliphatic rings. The molecule has 1 saturated carbocycles. The maximum atomic E-state index is 12.8. The summed E-state index contributed by atoms with van der Waals surface area (Å²) in [7, 11) is 6.00. The molecule has 0 saturated heterocycles. The van der Waals surface area contributed by atoms with Crippen LogP contribution in [0.5, 0.6) is 0 Å². The van der Waals surface area contributed by atoms with Crippen molar-refractivity contribution in [3.05, 3.63) is 35.9 Å². The average Bonchev–Trinajstić information content (AvgIpc) is 2.35. The lowest BCUT2D eigenvalue weighted by molar-refractivity contribution is -0.139. The van der Waals surface area contributed by atoms with Gasteiger partial charge in [-0.25, -0.2) is 0 Å². The van der Waals surface area contributed by atoms with E-state index in [1.165, 1.54) is 5.56 Å². The summed E-state index contributed by atoms with van der Waals surface area (Å²) in [6, 6.07) is 10.3. The highest BCUT2D eigenvalue weighted by Crippen LogP contribution is 2.44. The minimum Gasteiger partial charge on any atom is -0.344 e. The van der Waals surface area contributed by atoms with Crippen LogP contribution < -0.4 is 0 Å². The number of amides is 1. The molecule has 104 valence electrons. The smallest absolute Gasteiger partial charge is 0.233 e. The van der Waals surface area contributed by atoms with E-state index < -0.39 is 0 Å². The van der Waals surface area contributed by atoms with Gasteiger partial charge >= 0.3 is 0 Å². The second-order valence-corrected chi connectivity index (χ2v) is 5.83. The van der Waals surface area contributed by atoms with E-state index in [2.05, 4.69) is 17.0 Å². The highest BCUT2D eigenvalue weighted by atomic mass is 16.2. The largest absolute Gasteiger partial charge is 0.344 e. The van der Waals surface area contributed by atoms with Crippen LogP contribution in [-0.2, 0) is 10.2 Å². The van der Waals surface area contributed by atoms with Crippen LogP contribution >= 0.6 is 0 Å². The number of nitrogens with zero attached hydrogens (tertiary/aromatic N) is 2. The van der Waals surface area contributed by atoms with Crippen molar-refractivity contribution >= 4 is 5.91 Å². The zero-order valence-corrected chi connectivity index (χ0v) is 12.2. The normalized spacial score (nSPS) is 17.1. The maximum Gasteiger partial charge on any atom is 0.233 e. The molecule has 0 bridgehead atoms. The number of hydrogen-bond donors (Lipinski definition) is 0. The zero-order chi connectivity index (χ0) is 13.9. The monoisotopic (exact) mass is 260 g/mol. The van der Waals surface area contributed by atoms with Crippen LogP contribution in [0.3, 0.4) is 0 Å². The highest BCUT2D eigenvalue weighted by Gasteiger charge is 2.46. The van der Waals surface area contributed by atoms with Crippen LogP contribution in [0.4, 0.5) is 0 Å². The van der Waals surface area contributed by atoms with Gasteiger partial charge in [0.15, 0.2) is 0 Å². The summed E-state index contributed by atoms with van der Waals surface area (Å²) >= 11 is 0. The first kappa shape index (κ1) is 14.1. The van der Waals surface area contributed by atoms with Gasteiger partial charge in [-0.15, -0.1) is 0 Å². The Hall–Kier alpha value is -1.35. The topological polar surface area (TPSA) is 23.6 Å². The van der Waals surface area contributed by atoms with E-state index in [1.807, 2.05) is 44.2 Å². The van der Waals surface area contributed by atoms with Crippen molar-refractivity contribution < 1.29 is 4.79 Å². The van der Waals surface area contributed by atoms with Gasteiger partial charge in [-0.2, -0.15) is 0 Å².